The molecule has 72 valence electrons. The van der Waals surface area contributed by atoms with Crippen LogP contribution >= 0.6 is 0 Å². The average molecular weight is 170 g/mol. The maximum absolute atomic E-state index is 2.60. The molecule has 0 bridgehead atoms. The van der Waals surface area contributed by atoms with E-state index in [1.54, 1.807) is 0 Å². The molecule has 1 aliphatic rings. The van der Waals surface area contributed by atoms with Gasteiger partial charge in [0.1, 0.15) is 0 Å². The van der Waals surface area contributed by atoms with Crippen molar-refractivity contribution in [3.8, 4) is 0 Å². The lowest BCUT2D eigenvalue weighted by Gasteiger charge is -2.31. The molecule has 2 nitrogen and oxygen atoms in total. The summed E-state index contributed by atoms with van der Waals surface area (Å²) in [5.41, 5.74) is 0. The van der Waals surface area contributed by atoms with E-state index in [-0.39, 0.29) is 0 Å². The molecule has 1 aliphatic heterocycles. The molecule has 1 saturated heterocycles. The number of nitrogens with zero attached hydrogens (tertiary/aromatic N) is 2. The number of hydrogen-bond acceptors (Lipinski definition) is 2. The van der Waals surface area contributed by atoms with Gasteiger partial charge in [-0.15, -0.1) is 0 Å². The summed E-state index contributed by atoms with van der Waals surface area (Å²) in [6.07, 6.45) is 1.32. The monoisotopic (exact) mass is 170 g/mol. The highest BCUT2D eigenvalue weighted by Crippen LogP contribution is 2.11. The molecule has 0 N–H and O–H groups in total. The summed E-state index contributed by atoms with van der Waals surface area (Å²) in [6, 6.07) is 1.42. The molecule has 0 aliphatic carbocycles. The van der Waals surface area contributed by atoms with Crippen molar-refractivity contribution in [3.63, 3.8) is 0 Å². The normalized spacial score (nSPS) is 29.2. The maximum Gasteiger partial charge on any atom is 0.0197 e. The molecule has 0 aromatic heterocycles. The van der Waals surface area contributed by atoms with Crippen molar-refractivity contribution < 1.29 is 0 Å². The predicted molar refractivity (Wildman–Crippen MR) is 53.4 cm³/mol. The van der Waals surface area contributed by atoms with Crippen LogP contribution in [0.4, 0.5) is 0 Å². The quantitative estimate of drug-likeness (QED) is 0.587. The molecular formula is C10H22N2. The predicted octanol–water partition coefficient (Wildman–Crippen LogP) is 1.42. The fraction of sp³-hybridized carbons (Fsp3) is 1.00. The molecule has 0 unspecified atom stereocenters. The van der Waals surface area contributed by atoms with Crippen LogP contribution in [0.15, 0.2) is 0 Å². The Balaban J connectivity index is 2.51. The third kappa shape index (κ3) is 2.46. The van der Waals surface area contributed by atoms with Crippen LogP contribution in [-0.2, 0) is 0 Å². The highest BCUT2D eigenvalue weighted by atomic mass is 15.2. The van der Waals surface area contributed by atoms with E-state index >= 15 is 0 Å². The van der Waals surface area contributed by atoms with Crippen LogP contribution in [-0.4, -0.2) is 48.6 Å². The van der Waals surface area contributed by atoms with Crippen molar-refractivity contribution in [1.82, 2.24) is 9.80 Å². The van der Waals surface area contributed by atoms with Crippen molar-refractivity contribution >= 4 is 0 Å². The zero-order valence-electron chi connectivity index (χ0n) is 8.88. The minimum atomic E-state index is 0.700. The topological polar surface area (TPSA) is 6.48 Å². The number of likely N-dealkylation sites (N-methyl/N-ethyl adjacent to an activating group) is 1. The largest absolute Gasteiger partial charge is 0.305 e. The first-order valence-corrected chi connectivity index (χ1v) is 5.05. The Morgan fingerprint density at radius 1 is 1.25 bits per heavy atom. The number of hydrogen-bond donors (Lipinski definition) is 0. The third-order valence-corrected chi connectivity index (χ3v) is 2.76. The summed E-state index contributed by atoms with van der Waals surface area (Å²) >= 11 is 0. The average Bonchev–Trinajstić information content (AvgIpc) is 2.10. The van der Waals surface area contributed by atoms with Gasteiger partial charge in [-0.05, 0) is 47.3 Å². The van der Waals surface area contributed by atoms with E-state index in [4.69, 9.17) is 0 Å². The molecule has 2 heteroatoms. The van der Waals surface area contributed by atoms with Crippen LogP contribution in [0, 0.1) is 0 Å². The van der Waals surface area contributed by atoms with Crippen molar-refractivity contribution in [2.24, 2.45) is 0 Å². The van der Waals surface area contributed by atoms with E-state index in [2.05, 4.69) is 37.6 Å². The molecule has 0 saturated carbocycles. The zero-order chi connectivity index (χ0) is 9.14. The fourth-order valence-corrected chi connectivity index (χ4v) is 2.16. The smallest absolute Gasteiger partial charge is 0.0197 e. The van der Waals surface area contributed by atoms with Gasteiger partial charge in [0.05, 0.1) is 0 Å². The van der Waals surface area contributed by atoms with Crippen LogP contribution in [0.3, 0.4) is 0 Å². The number of rotatable bonds is 1. The molecule has 1 heterocycles. The Hall–Kier alpha value is -0.0800. The summed E-state index contributed by atoms with van der Waals surface area (Å²) in [6.45, 7) is 10.7. The molecule has 0 amide bonds. The summed E-state index contributed by atoms with van der Waals surface area (Å²) in [5, 5.41) is 0. The Morgan fingerprint density at radius 2 is 1.92 bits per heavy atom. The van der Waals surface area contributed by atoms with E-state index < -0.39 is 0 Å². The highest BCUT2D eigenvalue weighted by molar-refractivity contribution is 4.77. The van der Waals surface area contributed by atoms with Gasteiger partial charge in [-0.1, -0.05) is 0 Å². The first-order chi connectivity index (χ1) is 5.61. The van der Waals surface area contributed by atoms with Gasteiger partial charge in [0, 0.05) is 18.6 Å². The lowest BCUT2D eigenvalue weighted by atomic mass is 10.2. The van der Waals surface area contributed by atoms with Crippen molar-refractivity contribution in [3.05, 3.63) is 0 Å². The van der Waals surface area contributed by atoms with Crippen molar-refractivity contribution in [2.75, 3.05) is 26.7 Å². The first-order valence-electron chi connectivity index (χ1n) is 5.05. The molecule has 0 aromatic carbocycles. The lowest BCUT2D eigenvalue weighted by molar-refractivity contribution is 0.162. The van der Waals surface area contributed by atoms with Crippen LogP contribution in [0.25, 0.3) is 0 Å². The van der Waals surface area contributed by atoms with E-state index in [0.29, 0.717) is 6.04 Å². The first kappa shape index (κ1) is 10.0. The Labute approximate surface area is 76.5 Å². The van der Waals surface area contributed by atoms with Crippen LogP contribution in [0.5, 0.6) is 0 Å². The van der Waals surface area contributed by atoms with Crippen LogP contribution in [0.2, 0.25) is 0 Å². The second kappa shape index (κ2) is 4.24. The third-order valence-electron chi connectivity index (χ3n) is 2.76. The standard InChI is InChI=1S/C10H22N2/c1-9(2)12-7-5-6-11(4)8-10(12)3/h9-10H,5-8H2,1-4H3/t10-/m1/s1. The SMILES string of the molecule is CC(C)N1CCCN(C)C[C@H]1C. The molecule has 0 radical (unpaired) electrons. The van der Waals surface area contributed by atoms with Gasteiger partial charge in [-0.2, -0.15) is 0 Å². The molecule has 1 atom stereocenters. The van der Waals surface area contributed by atoms with Gasteiger partial charge in [0.25, 0.3) is 0 Å². The molecule has 0 aromatic rings. The molecule has 1 fully saturated rings. The molecule has 12 heavy (non-hydrogen) atoms. The fourth-order valence-electron chi connectivity index (χ4n) is 2.16. The lowest BCUT2D eigenvalue weighted by Crippen LogP contribution is -2.41. The van der Waals surface area contributed by atoms with Gasteiger partial charge in [0.15, 0.2) is 0 Å². The summed E-state index contributed by atoms with van der Waals surface area (Å²) in [5.74, 6) is 0. The Morgan fingerprint density at radius 3 is 2.50 bits per heavy atom. The zero-order valence-corrected chi connectivity index (χ0v) is 8.88. The van der Waals surface area contributed by atoms with Crippen molar-refractivity contribution in [2.45, 2.75) is 39.3 Å². The van der Waals surface area contributed by atoms with E-state index in [0.717, 1.165) is 6.04 Å². The highest BCUT2D eigenvalue weighted by Gasteiger charge is 2.20. The summed E-state index contributed by atoms with van der Waals surface area (Å²) in [7, 11) is 2.22. The van der Waals surface area contributed by atoms with Gasteiger partial charge in [-0.3, -0.25) is 4.90 Å². The van der Waals surface area contributed by atoms with E-state index in [1.807, 2.05) is 0 Å². The molecule has 0 spiro atoms. The maximum atomic E-state index is 2.60. The van der Waals surface area contributed by atoms with Crippen LogP contribution in [0.1, 0.15) is 27.2 Å². The van der Waals surface area contributed by atoms with E-state index in [9.17, 15) is 0 Å². The second-order valence-corrected chi connectivity index (χ2v) is 4.30. The summed E-state index contributed by atoms with van der Waals surface area (Å²) in [4.78, 5) is 5.04. The Kier molecular flexibility index (Phi) is 3.53. The van der Waals surface area contributed by atoms with Gasteiger partial charge >= 0.3 is 0 Å². The van der Waals surface area contributed by atoms with Gasteiger partial charge in [-0.25, -0.2) is 0 Å². The van der Waals surface area contributed by atoms with Gasteiger partial charge in [0.2, 0.25) is 0 Å². The summed E-state index contributed by atoms with van der Waals surface area (Å²) < 4.78 is 0. The Bertz CT molecular complexity index is 134. The van der Waals surface area contributed by atoms with E-state index in [1.165, 1.54) is 26.1 Å². The molecule has 1 rings (SSSR count). The second-order valence-electron chi connectivity index (χ2n) is 4.30. The minimum Gasteiger partial charge on any atom is -0.305 e. The van der Waals surface area contributed by atoms with Crippen LogP contribution < -0.4 is 0 Å². The minimum absolute atomic E-state index is 0.700. The van der Waals surface area contributed by atoms with Crippen molar-refractivity contribution in [1.29, 1.82) is 0 Å². The van der Waals surface area contributed by atoms with Gasteiger partial charge < -0.3 is 4.90 Å². The molecular weight excluding hydrogens is 148 g/mol.